The smallest absolute Gasteiger partial charge is 0.339 e. The number of hydrogen-bond donors (Lipinski definition) is 1. The van der Waals surface area contributed by atoms with Crippen molar-refractivity contribution in [2.75, 3.05) is 0 Å². The SMILES string of the molecule is CCc1nnnn1-c1cc(C(=O)OC2(C(N)=O)CC2)cc(-c2ccc(C)cc2Cl)c1. The predicted octanol–water partition coefficient (Wildman–Crippen LogP) is 3.03. The van der Waals surface area contributed by atoms with Crippen LogP contribution in [-0.2, 0) is 16.0 Å². The summed E-state index contributed by atoms with van der Waals surface area (Å²) in [4.78, 5) is 24.5. The number of halogens is 1. The lowest BCUT2D eigenvalue weighted by molar-refractivity contribution is -0.128. The molecular formula is C21H20ClN5O3. The Kier molecular flexibility index (Phi) is 5.03. The standard InChI is InChI=1S/C21H20ClN5O3/c1-3-18-24-25-26-27(18)15-10-13(16-5-4-12(2)8-17(16)22)9-14(11-15)19(28)30-21(6-7-21)20(23)29/h4-5,8-11H,3,6-7H2,1-2H3,(H2,23,29). The second-order valence-electron chi connectivity index (χ2n) is 7.36. The van der Waals surface area contributed by atoms with Crippen LogP contribution in [-0.4, -0.2) is 37.7 Å². The number of benzene rings is 2. The normalized spacial score (nSPS) is 14.4. The molecule has 0 bridgehead atoms. The number of primary amides is 1. The van der Waals surface area contributed by atoms with Gasteiger partial charge in [-0.05, 0) is 52.7 Å². The maximum absolute atomic E-state index is 12.9. The molecule has 0 radical (unpaired) electrons. The summed E-state index contributed by atoms with van der Waals surface area (Å²) in [6.45, 7) is 3.88. The Labute approximate surface area is 178 Å². The van der Waals surface area contributed by atoms with Gasteiger partial charge < -0.3 is 10.5 Å². The molecule has 1 aromatic heterocycles. The average molecular weight is 426 g/mol. The molecular weight excluding hydrogens is 406 g/mol. The molecule has 1 heterocycles. The van der Waals surface area contributed by atoms with Crippen molar-refractivity contribution in [1.29, 1.82) is 0 Å². The number of nitrogens with two attached hydrogens (primary N) is 1. The first-order chi connectivity index (χ1) is 14.3. The summed E-state index contributed by atoms with van der Waals surface area (Å²) < 4.78 is 7.02. The molecule has 1 saturated carbocycles. The van der Waals surface area contributed by atoms with Crippen LogP contribution in [0.2, 0.25) is 5.02 Å². The van der Waals surface area contributed by atoms with Gasteiger partial charge in [0.25, 0.3) is 5.91 Å². The molecule has 1 aliphatic rings. The van der Waals surface area contributed by atoms with Crippen LogP contribution < -0.4 is 5.73 Å². The van der Waals surface area contributed by atoms with E-state index in [2.05, 4.69) is 15.5 Å². The van der Waals surface area contributed by atoms with Gasteiger partial charge in [0.15, 0.2) is 11.4 Å². The number of aromatic nitrogens is 4. The maximum Gasteiger partial charge on any atom is 0.339 e. The molecule has 1 fully saturated rings. The van der Waals surface area contributed by atoms with Gasteiger partial charge in [-0.2, -0.15) is 4.68 Å². The summed E-state index contributed by atoms with van der Waals surface area (Å²) in [7, 11) is 0. The Morgan fingerprint density at radius 3 is 2.63 bits per heavy atom. The van der Waals surface area contributed by atoms with Crippen LogP contribution in [0, 0.1) is 6.92 Å². The number of esters is 1. The lowest BCUT2D eigenvalue weighted by Gasteiger charge is -2.15. The minimum atomic E-state index is -1.21. The Bertz CT molecular complexity index is 1150. The van der Waals surface area contributed by atoms with E-state index in [4.69, 9.17) is 22.1 Å². The molecule has 3 aromatic rings. The molecule has 0 atom stereocenters. The number of amides is 1. The Morgan fingerprint density at radius 2 is 2.00 bits per heavy atom. The van der Waals surface area contributed by atoms with E-state index in [0.29, 0.717) is 41.4 Å². The van der Waals surface area contributed by atoms with E-state index in [1.807, 2.05) is 38.1 Å². The number of tetrazole rings is 1. The predicted molar refractivity (Wildman–Crippen MR) is 110 cm³/mol. The van der Waals surface area contributed by atoms with E-state index >= 15 is 0 Å². The third-order valence-electron chi connectivity index (χ3n) is 5.13. The third-order valence-corrected chi connectivity index (χ3v) is 5.44. The second kappa shape index (κ2) is 7.53. The molecule has 0 aliphatic heterocycles. The van der Waals surface area contributed by atoms with E-state index < -0.39 is 17.5 Å². The number of rotatable bonds is 6. The summed E-state index contributed by atoms with van der Waals surface area (Å²) in [5.41, 5.74) is 7.49. The van der Waals surface area contributed by atoms with Crippen molar-refractivity contribution < 1.29 is 14.3 Å². The molecule has 30 heavy (non-hydrogen) atoms. The molecule has 2 N–H and O–H groups in total. The van der Waals surface area contributed by atoms with Gasteiger partial charge in [-0.25, -0.2) is 4.79 Å². The first-order valence-corrected chi connectivity index (χ1v) is 9.93. The number of carbonyl (C=O) groups is 2. The van der Waals surface area contributed by atoms with Crippen LogP contribution in [0.25, 0.3) is 16.8 Å². The van der Waals surface area contributed by atoms with Crippen molar-refractivity contribution in [3.05, 3.63) is 58.4 Å². The van der Waals surface area contributed by atoms with Gasteiger partial charge in [0.1, 0.15) is 0 Å². The van der Waals surface area contributed by atoms with Crippen LogP contribution in [0.4, 0.5) is 0 Å². The lowest BCUT2D eigenvalue weighted by atomic mass is 10.0. The second-order valence-corrected chi connectivity index (χ2v) is 7.77. The number of hydrogen-bond acceptors (Lipinski definition) is 6. The minimum Gasteiger partial charge on any atom is -0.445 e. The highest BCUT2D eigenvalue weighted by atomic mass is 35.5. The molecule has 1 aliphatic carbocycles. The molecule has 0 saturated heterocycles. The van der Waals surface area contributed by atoms with Crippen molar-refractivity contribution in [2.45, 2.75) is 38.7 Å². The van der Waals surface area contributed by atoms with Gasteiger partial charge in [-0.1, -0.05) is 30.7 Å². The third kappa shape index (κ3) is 3.66. The van der Waals surface area contributed by atoms with E-state index in [1.165, 1.54) is 0 Å². The first-order valence-electron chi connectivity index (χ1n) is 9.55. The summed E-state index contributed by atoms with van der Waals surface area (Å²) in [5.74, 6) is -0.636. The molecule has 9 heteroatoms. The topological polar surface area (TPSA) is 113 Å². The van der Waals surface area contributed by atoms with Crippen LogP contribution in [0.5, 0.6) is 0 Å². The van der Waals surface area contributed by atoms with Crippen molar-refractivity contribution in [3.63, 3.8) is 0 Å². The highest BCUT2D eigenvalue weighted by molar-refractivity contribution is 6.33. The van der Waals surface area contributed by atoms with Crippen LogP contribution in [0.15, 0.2) is 36.4 Å². The van der Waals surface area contributed by atoms with Crippen molar-refractivity contribution >= 4 is 23.5 Å². The Morgan fingerprint density at radius 1 is 1.23 bits per heavy atom. The van der Waals surface area contributed by atoms with Crippen molar-refractivity contribution in [3.8, 4) is 16.8 Å². The fourth-order valence-electron chi connectivity index (χ4n) is 3.24. The zero-order valence-corrected chi connectivity index (χ0v) is 17.3. The summed E-state index contributed by atoms with van der Waals surface area (Å²) in [6.07, 6.45) is 1.46. The molecule has 4 rings (SSSR count). The lowest BCUT2D eigenvalue weighted by Crippen LogP contribution is -2.35. The molecule has 0 spiro atoms. The number of nitrogens with zero attached hydrogens (tertiary/aromatic N) is 4. The highest BCUT2D eigenvalue weighted by Crippen LogP contribution is 2.40. The van der Waals surface area contributed by atoms with Gasteiger partial charge in [0, 0.05) is 29.8 Å². The molecule has 2 aromatic carbocycles. The summed E-state index contributed by atoms with van der Waals surface area (Å²) in [5, 5.41) is 12.3. The molecule has 1 amide bonds. The van der Waals surface area contributed by atoms with E-state index in [0.717, 1.165) is 11.1 Å². The monoisotopic (exact) mass is 425 g/mol. The zero-order valence-electron chi connectivity index (χ0n) is 16.6. The number of aryl methyl sites for hydroxylation is 2. The summed E-state index contributed by atoms with van der Waals surface area (Å²) >= 11 is 6.47. The maximum atomic E-state index is 12.9. The fraction of sp³-hybridized carbons (Fsp3) is 0.286. The van der Waals surface area contributed by atoms with Gasteiger partial charge in [-0.15, -0.1) is 5.10 Å². The first kappa shape index (κ1) is 20.0. The van der Waals surface area contributed by atoms with Crippen molar-refractivity contribution in [2.24, 2.45) is 5.73 Å². The fourth-order valence-corrected chi connectivity index (χ4v) is 3.58. The van der Waals surface area contributed by atoms with Gasteiger partial charge in [-0.3, -0.25) is 4.79 Å². The van der Waals surface area contributed by atoms with Gasteiger partial charge >= 0.3 is 5.97 Å². The van der Waals surface area contributed by atoms with Crippen LogP contribution in [0.3, 0.4) is 0 Å². The van der Waals surface area contributed by atoms with Gasteiger partial charge in [0.05, 0.1) is 11.3 Å². The Balaban J connectivity index is 1.82. The highest BCUT2D eigenvalue weighted by Gasteiger charge is 2.53. The van der Waals surface area contributed by atoms with Crippen LogP contribution in [0.1, 0.15) is 41.5 Å². The van der Waals surface area contributed by atoms with Gasteiger partial charge in [0.2, 0.25) is 0 Å². The number of carbonyl (C=O) groups excluding carboxylic acids is 2. The summed E-state index contributed by atoms with van der Waals surface area (Å²) in [6, 6.07) is 10.8. The Hall–Kier alpha value is -3.26. The van der Waals surface area contributed by atoms with E-state index in [9.17, 15) is 9.59 Å². The van der Waals surface area contributed by atoms with E-state index in [-0.39, 0.29) is 5.56 Å². The largest absolute Gasteiger partial charge is 0.445 e. The minimum absolute atomic E-state index is 0.254. The van der Waals surface area contributed by atoms with E-state index in [1.54, 1.807) is 16.8 Å². The average Bonchev–Trinajstić information content (AvgIpc) is 3.34. The number of ether oxygens (including phenoxy) is 1. The molecule has 0 unspecified atom stereocenters. The van der Waals surface area contributed by atoms with Crippen LogP contribution >= 0.6 is 11.6 Å². The zero-order chi connectivity index (χ0) is 21.5. The molecule has 154 valence electrons. The quantitative estimate of drug-likeness (QED) is 0.607. The van der Waals surface area contributed by atoms with Crippen molar-refractivity contribution in [1.82, 2.24) is 20.2 Å². The molecule has 8 nitrogen and oxygen atoms in total.